The van der Waals surface area contributed by atoms with E-state index < -0.39 is 0 Å². The third-order valence-corrected chi connectivity index (χ3v) is 3.84. The second kappa shape index (κ2) is 4.22. The molecule has 3 rings (SSSR count). The number of anilines is 1. The summed E-state index contributed by atoms with van der Waals surface area (Å²) in [6.07, 6.45) is 0. The van der Waals surface area contributed by atoms with E-state index in [1.54, 1.807) is 0 Å². The summed E-state index contributed by atoms with van der Waals surface area (Å²) in [5, 5.41) is 0. The molecule has 2 heteroatoms. The van der Waals surface area contributed by atoms with Gasteiger partial charge in [0.05, 0.1) is 11.6 Å². The van der Waals surface area contributed by atoms with E-state index in [1.165, 1.54) is 16.1 Å². The van der Waals surface area contributed by atoms with Crippen molar-refractivity contribution in [3.8, 4) is 0 Å². The molecule has 0 saturated heterocycles. The Hall–Kier alpha value is -1.41. The highest BCUT2D eigenvalue weighted by Gasteiger charge is 2.18. The Morgan fingerprint density at radius 3 is 2.81 bits per heavy atom. The SMILES string of the molecule is [c]1ccc(CN2CSc3ccccc32)cc1. The molecule has 1 heterocycles. The van der Waals surface area contributed by atoms with Crippen molar-refractivity contribution in [1.29, 1.82) is 0 Å². The first-order valence-electron chi connectivity index (χ1n) is 5.35. The number of hydrogen-bond donors (Lipinski definition) is 0. The van der Waals surface area contributed by atoms with Crippen LogP contribution < -0.4 is 4.90 Å². The quantitative estimate of drug-likeness (QED) is 0.770. The average molecular weight is 226 g/mol. The van der Waals surface area contributed by atoms with Crippen LogP contribution in [0.2, 0.25) is 0 Å². The van der Waals surface area contributed by atoms with E-state index >= 15 is 0 Å². The minimum atomic E-state index is 0.985. The summed E-state index contributed by atoms with van der Waals surface area (Å²) >= 11 is 1.91. The lowest BCUT2D eigenvalue weighted by Crippen LogP contribution is -2.17. The summed E-state index contributed by atoms with van der Waals surface area (Å²) < 4.78 is 0. The summed E-state index contributed by atoms with van der Waals surface area (Å²) in [6.45, 7) is 0.985. The standard InChI is InChI=1S/C14H12NS/c1-2-6-12(7-3-1)10-15-11-16-14-9-5-4-8-13(14)15/h2-9H,10-11H2. The number of hydrogen-bond acceptors (Lipinski definition) is 2. The van der Waals surface area contributed by atoms with Crippen LogP contribution >= 0.6 is 11.8 Å². The Morgan fingerprint density at radius 1 is 1.12 bits per heavy atom. The monoisotopic (exact) mass is 226 g/mol. The smallest absolute Gasteiger partial charge is 0.0690 e. The van der Waals surface area contributed by atoms with Crippen molar-refractivity contribution in [1.82, 2.24) is 0 Å². The lowest BCUT2D eigenvalue weighted by Gasteiger charge is -2.18. The zero-order chi connectivity index (χ0) is 10.8. The van der Waals surface area contributed by atoms with Gasteiger partial charge in [0.25, 0.3) is 0 Å². The van der Waals surface area contributed by atoms with Crippen LogP contribution in [0.3, 0.4) is 0 Å². The summed E-state index contributed by atoms with van der Waals surface area (Å²) in [4.78, 5) is 3.81. The van der Waals surface area contributed by atoms with Crippen LogP contribution in [0.15, 0.2) is 53.4 Å². The van der Waals surface area contributed by atoms with Crippen molar-refractivity contribution >= 4 is 17.4 Å². The van der Waals surface area contributed by atoms with Gasteiger partial charge in [0, 0.05) is 11.4 Å². The summed E-state index contributed by atoms with van der Waals surface area (Å²) in [7, 11) is 0. The predicted octanol–water partition coefficient (Wildman–Crippen LogP) is 3.56. The Morgan fingerprint density at radius 2 is 1.94 bits per heavy atom. The summed E-state index contributed by atoms with van der Waals surface area (Å²) in [6, 6.07) is 19.9. The molecule has 0 bridgehead atoms. The normalized spacial score (nSPS) is 13.9. The first kappa shape index (κ1) is 9.79. The molecule has 2 aromatic carbocycles. The number of benzene rings is 2. The molecule has 2 aromatic rings. The van der Waals surface area contributed by atoms with Crippen molar-refractivity contribution in [3.63, 3.8) is 0 Å². The molecule has 0 N–H and O–H groups in total. The molecule has 79 valence electrons. The maximum Gasteiger partial charge on any atom is 0.0690 e. The molecule has 1 radical (unpaired) electrons. The zero-order valence-corrected chi connectivity index (χ0v) is 9.70. The lowest BCUT2D eigenvalue weighted by molar-refractivity contribution is 0.907. The Bertz CT molecular complexity index is 481. The average Bonchev–Trinajstić information content (AvgIpc) is 2.74. The van der Waals surface area contributed by atoms with Gasteiger partial charge in [-0.25, -0.2) is 0 Å². The highest BCUT2D eigenvalue weighted by atomic mass is 32.2. The van der Waals surface area contributed by atoms with Crippen LogP contribution in [-0.2, 0) is 6.54 Å². The van der Waals surface area contributed by atoms with Crippen molar-refractivity contribution in [2.75, 3.05) is 10.8 Å². The van der Waals surface area contributed by atoms with Crippen molar-refractivity contribution in [3.05, 3.63) is 60.2 Å². The van der Waals surface area contributed by atoms with E-state index in [4.69, 9.17) is 0 Å². The number of thioether (sulfide) groups is 1. The highest BCUT2D eigenvalue weighted by molar-refractivity contribution is 7.99. The van der Waals surface area contributed by atoms with E-state index in [1.807, 2.05) is 23.9 Å². The molecule has 0 unspecified atom stereocenters. The van der Waals surface area contributed by atoms with Crippen LogP contribution in [0.4, 0.5) is 5.69 Å². The highest BCUT2D eigenvalue weighted by Crippen LogP contribution is 2.38. The van der Waals surface area contributed by atoms with Gasteiger partial charge in [0.15, 0.2) is 0 Å². The van der Waals surface area contributed by atoms with E-state index in [2.05, 4.69) is 47.4 Å². The van der Waals surface area contributed by atoms with Crippen molar-refractivity contribution in [2.24, 2.45) is 0 Å². The zero-order valence-electron chi connectivity index (χ0n) is 8.89. The fourth-order valence-corrected chi connectivity index (χ4v) is 2.98. The minimum Gasteiger partial charge on any atom is -0.357 e. The van der Waals surface area contributed by atoms with Gasteiger partial charge in [-0.3, -0.25) is 0 Å². The number of nitrogens with zero attached hydrogens (tertiary/aromatic N) is 1. The van der Waals surface area contributed by atoms with E-state index in [-0.39, 0.29) is 0 Å². The van der Waals surface area contributed by atoms with Gasteiger partial charge in [-0.1, -0.05) is 36.4 Å². The van der Waals surface area contributed by atoms with Crippen molar-refractivity contribution in [2.45, 2.75) is 11.4 Å². The van der Waals surface area contributed by atoms with E-state index in [0.717, 1.165) is 12.4 Å². The second-order valence-corrected chi connectivity index (χ2v) is 4.83. The minimum absolute atomic E-state index is 0.985. The third kappa shape index (κ3) is 1.81. The fraction of sp³-hybridized carbons (Fsp3) is 0.143. The number of para-hydroxylation sites is 1. The molecule has 0 amide bonds. The van der Waals surface area contributed by atoms with Gasteiger partial charge in [-0.05, 0) is 23.8 Å². The molecule has 1 aliphatic heterocycles. The molecule has 0 spiro atoms. The van der Waals surface area contributed by atoms with Gasteiger partial charge in [-0.2, -0.15) is 0 Å². The molecular formula is C14H12NS. The van der Waals surface area contributed by atoms with E-state index in [9.17, 15) is 0 Å². The van der Waals surface area contributed by atoms with Crippen LogP contribution in [0.5, 0.6) is 0 Å². The van der Waals surface area contributed by atoms with Crippen molar-refractivity contribution < 1.29 is 0 Å². The lowest BCUT2D eigenvalue weighted by atomic mass is 10.2. The fourth-order valence-electron chi connectivity index (χ4n) is 1.94. The molecule has 0 fully saturated rings. The van der Waals surface area contributed by atoms with Crippen LogP contribution in [-0.4, -0.2) is 5.88 Å². The first-order chi connectivity index (χ1) is 7.93. The molecule has 1 nitrogen and oxygen atoms in total. The molecule has 0 aliphatic carbocycles. The maximum atomic E-state index is 3.05. The maximum absolute atomic E-state index is 3.05. The summed E-state index contributed by atoms with van der Waals surface area (Å²) in [5.41, 5.74) is 2.70. The van der Waals surface area contributed by atoms with Crippen LogP contribution in [0.1, 0.15) is 5.56 Å². The van der Waals surface area contributed by atoms with E-state index in [0.29, 0.717) is 0 Å². The van der Waals surface area contributed by atoms with Crippen LogP contribution in [0.25, 0.3) is 0 Å². The number of rotatable bonds is 2. The van der Waals surface area contributed by atoms with Gasteiger partial charge < -0.3 is 4.90 Å². The molecule has 16 heavy (non-hydrogen) atoms. The molecule has 0 atom stereocenters. The van der Waals surface area contributed by atoms with Gasteiger partial charge in [0.1, 0.15) is 0 Å². The number of fused-ring (bicyclic) bond motifs is 1. The molecule has 0 saturated carbocycles. The topological polar surface area (TPSA) is 3.24 Å². The van der Waals surface area contributed by atoms with Gasteiger partial charge in [-0.15, -0.1) is 11.8 Å². The first-order valence-corrected chi connectivity index (χ1v) is 6.34. The van der Waals surface area contributed by atoms with Gasteiger partial charge in [0.2, 0.25) is 0 Å². The Labute approximate surface area is 100 Å². The third-order valence-electron chi connectivity index (χ3n) is 2.74. The Kier molecular flexibility index (Phi) is 2.58. The second-order valence-electron chi connectivity index (χ2n) is 3.85. The molecule has 0 aromatic heterocycles. The van der Waals surface area contributed by atoms with Crippen LogP contribution in [0, 0.1) is 6.07 Å². The predicted molar refractivity (Wildman–Crippen MR) is 68.6 cm³/mol. The largest absolute Gasteiger partial charge is 0.357 e. The Balaban J connectivity index is 1.84. The summed E-state index contributed by atoms with van der Waals surface area (Å²) in [5.74, 6) is 1.05. The molecular weight excluding hydrogens is 214 g/mol. The molecule has 1 aliphatic rings. The van der Waals surface area contributed by atoms with Gasteiger partial charge >= 0.3 is 0 Å².